The smallest absolute Gasteiger partial charge is 0.0224 e. The fourth-order valence-electron chi connectivity index (χ4n) is 1.95. The Kier molecular flexibility index (Phi) is 5.21. The highest BCUT2D eigenvalue weighted by Crippen LogP contribution is 2.28. The van der Waals surface area contributed by atoms with Gasteiger partial charge in [-0.05, 0) is 66.5 Å². The van der Waals surface area contributed by atoms with E-state index in [0.29, 0.717) is 0 Å². The van der Waals surface area contributed by atoms with Crippen LogP contribution in [0.4, 0.5) is 0 Å². The Morgan fingerprint density at radius 1 is 0.737 bits per heavy atom. The molecular weight excluding hydrogens is 252 g/mol. The van der Waals surface area contributed by atoms with Crippen molar-refractivity contribution in [3.05, 3.63) is 20.9 Å². The van der Waals surface area contributed by atoms with Gasteiger partial charge in [0.15, 0.2) is 0 Å². The fourth-order valence-corrected chi connectivity index (χ4v) is 3.04. The van der Waals surface area contributed by atoms with Crippen molar-refractivity contribution in [3.8, 4) is 0 Å². The quantitative estimate of drug-likeness (QED) is 0.867. The Morgan fingerprint density at radius 2 is 1.05 bits per heavy atom. The average molecular weight is 282 g/mol. The average Bonchev–Trinajstić information content (AvgIpc) is 2.45. The zero-order valence-corrected chi connectivity index (χ0v) is 14.6. The molecule has 0 fully saturated rings. The van der Waals surface area contributed by atoms with Crippen LogP contribution < -0.4 is 10.6 Å². The van der Waals surface area contributed by atoms with Crippen LogP contribution in [-0.4, -0.2) is 11.1 Å². The van der Waals surface area contributed by atoms with Crippen LogP contribution in [0.1, 0.15) is 62.4 Å². The standard InChI is InChI=1S/C16H30N2S/c1-11-13(9-17-15(3,4)5)14(12(2)19-11)10-18-16(6,7)8/h17-18H,9-10H2,1-8H3. The van der Waals surface area contributed by atoms with Crippen LogP contribution >= 0.6 is 11.3 Å². The number of aryl methyl sites for hydroxylation is 2. The molecule has 110 valence electrons. The summed E-state index contributed by atoms with van der Waals surface area (Å²) in [6.07, 6.45) is 0. The van der Waals surface area contributed by atoms with Gasteiger partial charge in [-0.3, -0.25) is 0 Å². The minimum Gasteiger partial charge on any atom is -0.308 e. The van der Waals surface area contributed by atoms with Crippen LogP contribution in [-0.2, 0) is 13.1 Å². The highest BCUT2D eigenvalue weighted by Gasteiger charge is 2.17. The first kappa shape index (κ1) is 16.7. The number of rotatable bonds is 4. The molecule has 1 aromatic rings. The first-order chi connectivity index (χ1) is 8.49. The third-order valence-corrected chi connectivity index (χ3v) is 4.22. The summed E-state index contributed by atoms with van der Waals surface area (Å²) in [6.45, 7) is 19.7. The van der Waals surface area contributed by atoms with Gasteiger partial charge in [0.1, 0.15) is 0 Å². The van der Waals surface area contributed by atoms with Crippen LogP contribution in [0.25, 0.3) is 0 Å². The summed E-state index contributed by atoms with van der Waals surface area (Å²) in [6, 6.07) is 0. The SMILES string of the molecule is Cc1sc(C)c(CNC(C)(C)C)c1CNC(C)(C)C. The largest absolute Gasteiger partial charge is 0.308 e. The van der Waals surface area contributed by atoms with Gasteiger partial charge in [0.2, 0.25) is 0 Å². The minimum absolute atomic E-state index is 0.164. The number of hydrogen-bond acceptors (Lipinski definition) is 3. The Morgan fingerprint density at radius 3 is 1.32 bits per heavy atom. The van der Waals surface area contributed by atoms with Crippen molar-refractivity contribution in [1.29, 1.82) is 0 Å². The van der Waals surface area contributed by atoms with Gasteiger partial charge in [-0.1, -0.05) is 0 Å². The molecule has 0 aliphatic rings. The summed E-state index contributed by atoms with van der Waals surface area (Å²) in [5, 5.41) is 7.22. The van der Waals surface area contributed by atoms with E-state index in [2.05, 4.69) is 66.0 Å². The van der Waals surface area contributed by atoms with Crippen LogP contribution in [0.15, 0.2) is 0 Å². The summed E-state index contributed by atoms with van der Waals surface area (Å²) in [4.78, 5) is 2.89. The van der Waals surface area contributed by atoms with Gasteiger partial charge < -0.3 is 10.6 Å². The Balaban J connectivity index is 2.85. The summed E-state index contributed by atoms with van der Waals surface area (Å²) < 4.78 is 0. The van der Waals surface area contributed by atoms with Crippen molar-refractivity contribution in [2.75, 3.05) is 0 Å². The van der Waals surface area contributed by atoms with Crippen molar-refractivity contribution in [2.24, 2.45) is 0 Å². The van der Waals surface area contributed by atoms with E-state index in [4.69, 9.17) is 0 Å². The fraction of sp³-hybridized carbons (Fsp3) is 0.750. The summed E-state index contributed by atoms with van der Waals surface area (Å²) >= 11 is 1.92. The van der Waals surface area contributed by atoms with Gasteiger partial charge >= 0.3 is 0 Å². The van der Waals surface area contributed by atoms with Crippen LogP contribution in [0, 0.1) is 13.8 Å². The van der Waals surface area contributed by atoms with Gasteiger partial charge in [0, 0.05) is 33.9 Å². The van der Waals surface area contributed by atoms with Crippen LogP contribution in [0.5, 0.6) is 0 Å². The third kappa shape index (κ3) is 5.64. The highest BCUT2D eigenvalue weighted by atomic mass is 32.1. The predicted molar refractivity (Wildman–Crippen MR) is 87.0 cm³/mol. The summed E-state index contributed by atoms with van der Waals surface area (Å²) in [5.41, 5.74) is 3.29. The molecule has 1 rings (SSSR count). The molecule has 0 amide bonds. The molecule has 0 radical (unpaired) electrons. The van der Waals surface area contributed by atoms with E-state index in [-0.39, 0.29) is 11.1 Å². The zero-order chi connectivity index (χ0) is 14.8. The molecule has 0 aliphatic heterocycles. The topological polar surface area (TPSA) is 24.1 Å². The monoisotopic (exact) mass is 282 g/mol. The zero-order valence-electron chi connectivity index (χ0n) is 13.8. The Labute approximate surface area is 123 Å². The highest BCUT2D eigenvalue weighted by molar-refractivity contribution is 7.12. The maximum absolute atomic E-state index is 3.61. The van der Waals surface area contributed by atoms with Gasteiger partial charge in [0.25, 0.3) is 0 Å². The maximum atomic E-state index is 3.61. The van der Waals surface area contributed by atoms with E-state index in [1.807, 2.05) is 11.3 Å². The lowest BCUT2D eigenvalue weighted by Crippen LogP contribution is -2.37. The number of nitrogens with one attached hydrogen (secondary N) is 2. The van der Waals surface area contributed by atoms with Crippen LogP contribution in [0.3, 0.4) is 0 Å². The minimum atomic E-state index is 0.164. The van der Waals surface area contributed by atoms with E-state index in [1.165, 1.54) is 20.9 Å². The van der Waals surface area contributed by atoms with Crippen molar-refractivity contribution in [1.82, 2.24) is 10.6 Å². The van der Waals surface area contributed by atoms with Crippen molar-refractivity contribution >= 4 is 11.3 Å². The second kappa shape index (κ2) is 5.94. The van der Waals surface area contributed by atoms with Gasteiger partial charge in [0.05, 0.1) is 0 Å². The first-order valence-electron chi connectivity index (χ1n) is 7.07. The molecule has 3 heteroatoms. The summed E-state index contributed by atoms with van der Waals surface area (Å²) in [5.74, 6) is 0. The van der Waals surface area contributed by atoms with Crippen LogP contribution in [0.2, 0.25) is 0 Å². The predicted octanol–water partition coefficient (Wildman–Crippen LogP) is 4.14. The van der Waals surface area contributed by atoms with Crippen molar-refractivity contribution < 1.29 is 0 Å². The lowest BCUT2D eigenvalue weighted by atomic mass is 10.0. The lowest BCUT2D eigenvalue weighted by Gasteiger charge is -2.23. The lowest BCUT2D eigenvalue weighted by molar-refractivity contribution is 0.413. The molecule has 2 N–H and O–H groups in total. The molecule has 0 atom stereocenters. The van der Waals surface area contributed by atoms with Crippen molar-refractivity contribution in [3.63, 3.8) is 0 Å². The number of hydrogen-bond donors (Lipinski definition) is 2. The van der Waals surface area contributed by atoms with E-state index in [9.17, 15) is 0 Å². The van der Waals surface area contributed by atoms with Gasteiger partial charge in [-0.2, -0.15) is 0 Å². The molecule has 0 unspecified atom stereocenters. The molecule has 0 aliphatic carbocycles. The van der Waals surface area contributed by atoms with Gasteiger partial charge in [-0.15, -0.1) is 11.3 Å². The first-order valence-corrected chi connectivity index (χ1v) is 7.89. The molecule has 0 spiro atoms. The molecule has 0 bridgehead atoms. The van der Waals surface area contributed by atoms with Gasteiger partial charge in [-0.25, -0.2) is 0 Å². The van der Waals surface area contributed by atoms with E-state index in [1.54, 1.807) is 0 Å². The summed E-state index contributed by atoms with van der Waals surface area (Å²) in [7, 11) is 0. The Bertz CT molecular complexity index is 381. The third-order valence-electron chi connectivity index (χ3n) is 3.11. The normalized spacial score (nSPS) is 13.1. The molecule has 2 nitrogen and oxygen atoms in total. The molecule has 0 aromatic carbocycles. The molecule has 0 saturated carbocycles. The van der Waals surface area contributed by atoms with Crippen molar-refractivity contribution in [2.45, 2.75) is 79.6 Å². The molecule has 0 saturated heterocycles. The van der Waals surface area contributed by atoms with E-state index >= 15 is 0 Å². The molecule has 19 heavy (non-hydrogen) atoms. The molecular formula is C16H30N2S. The maximum Gasteiger partial charge on any atom is 0.0224 e. The Hall–Kier alpha value is -0.380. The van der Waals surface area contributed by atoms with E-state index < -0.39 is 0 Å². The molecule has 1 aromatic heterocycles. The second-order valence-corrected chi connectivity index (χ2v) is 8.81. The van der Waals surface area contributed by atoms with E-state index in [0.717, 1.165) is 13.1 Å². The number of thiophene rings is 1. The molecule has 1 heterocycles. The second-order valence-electron chi connectivity index (χ2n) is 7.38.